The summed E-state index contributed by atoms with van der Waals surface area (Å²) in [5.41, 5.74) is 2.03. The van der Waals surface area contributed by atoms with Gasteiger partial charge in [-0.1, -0.05) is 20.4 Å². The zero-order valence-electron chi connectivity index (χ0n) is 10.3. The lowest BCUT2D eigenvalue weighted by Gasteiger charge is -2.08. The summed E-state index contributed by atoms with van der Waals surface area (Å²) in [5.74, 6) is 0.788. The van der Waals surface area contributed by atoms with Gasteiger partial charge in [0.1, 0.15) is 12.4 Å². The van der Waals surface area contributed by atoms with Crippen molar-refractivity contribution in [2.45, 2.75) is 33.4 Å². The smallest absolute Gasteiger partial charge is 0.138 e. The molecule has 3 nitrogen and oxygen atoms in total. The second-order valence-corrected chi connectivity index (χ2v) is 4.27. The highest BCUT2D eigenvalue weighted by atomic mass is 16.5. The largest absolute Gasteiger partial charge is 0.488 e. The molecule has 1 N–H and O–H groups in total. The number of rotatable bonds is 6. The topological polar surface area (TPSA) is 34.1 Å². The molecule has 1 rings (SSSR count). The fraction of sp³-hybridized carbons (Fsp3) is 0.462. The van der Waals surface area contributed by atoms with Gasteiger partial charge in [-0.3, -0.25) is 4.98 Å². The highest BCUT2D eigenvalue weighted by Gasteiger charge is 1.98. The minimum absolute atomic E-state index is 0.473. The lowest BCUT2D eigenvalue weighted by atomic mass is 10.3. The summed E-state index contributed by atoms with van der Waals surface area (Å²) < 4.78 is 5.47. The van der Waals surface area contributed by atoms with E-state index < -0.39 is 0 Å². The van der Waals surface area contributed by atoms with E-state index in [0.29, 0.717) is 12.6 Å². The highest BCUT2D eigenvalue weighted by Crippen LogP contribution is 2.10. The van der Waals surface area contributed by atoms with Crippen molar-refractivity contribution in [2.75, 3.05) is 6.61 Å². The number of nitrogens with zero attached hydrogens (tertiary/aromatic N) is 1. The molecule has 0 atom stereocenters. The first-order valence-corrected chi connectivity index (χ1v) is 5.53. The van der Waals surface area contributed by atoms with Crippen LogP contribution in [0.25, 0.3) is 0 Å². The average molecular weight is 220 g/mol. The molecular formula is C13H20N2O. The van der Waals surface area contributed by atoms with Crippen LogP contribution in [-0.2, 0) is 6.54 Å². The maximum absolute atomic E-state index is 5.47. The molecule has 1 aromatic rings. The van der Waals surface area contributed by atoms with E-state index in [1.807, 2.05) is 19.1 Å². The van der Waals surface area contributed by atoms with E-state index >= 15 is 0 Å². The summed E-state index contributed by atoms with van der Waals surface area (Å²) in [6.45, 7) is 11.3. The van der Waals surface area contributed by atoms with Crippen LogP contribution in [0.4, 0.5) is 0 Å². The normalized spacial score (nSPS) is 10.5. The molecule has 0 aliphatic heterocycles. The Labute approximate surface area is 97.5 Å². The van der Waals surface area contributed by atoms with Crippen LogP contribution in [-0.4, -0.2) is 17.6 Å². The first kappa shape index (κ1) is 12.7. The number of aromatic nitrogens is 1. The van der Waals surface area contributed by atoms with Crippen molar-refractivity contribution >= 4 is 0 Å². The molecule has 0 saturated heterocycles. The van der Waals surface area contributed by atoms with Crippen LogP contribution in [0.5, 0.6) is 5.75 Å². The Morgan fingerprint density at radius 3 is 2.75 bits per heavy atom. The molecule has 0 aromatic carbocycles. The quantitative estimate of drug-likeness (QED) is 0.748. The monoisotopic (exact) mass is 220 g/mol. The van der Waals surface area contributed by atoms with Gasteiger partial charge >= 0.3 is 0 Å². The van der Waals surface area contributed by atoms with Gasteiger partial charge in [0.05, 0.1) is 11.9 Å². The Balaban J connectivity index is 2.44. The number of pyridine rings is 1. The second-order valence-electron chi connectivity index (χ2n) is 4.27. The molecule has 0 spiro atoms. The first-order valence-electron chi connectivity index (χ1n) is 5.53. The van der Waals surface area contributed by atoms with Crippen LogP contribution in [0.15, 0.2) is 30.5 Å². The van der Waals surface area contributed by atoms with Gasteiger partial charge in [0.2, 0.25) is 0 Å². The number of hydrogen-bond donors (Lipinski definition) is 1. The summed E-state index contributed by atoms with van der Waals surface area (Å²) in [4.78, 5) is 4.31. The lowest BCUT2D eigenvalue weighted by Crippen LogP contribution is -2.22. The van der Waals surface area contributed by atoms with Crippen molar-refractivity contribution in [3.05, 3.63) is 36.2 Å². The molecule has 0 bridgehead atoms. The van der Waals surface area contributed by atoms with Gasteiger partial charge in [-0.15, -0.1) is 0 Å². The zero-order chi connectivity index (χ0) is 12.0. The molecule has 0 aliphatic carbocycles. The molecule has 0 amide bonds. The summed E-state index contributed by atoms with van der Waals surface area (Å²) in [6, 6.07) is 4.39. The predicted octanol–water partition coefficient (Wildman–Crippen LogP) is 2.53. The molecule has 0 saturated carbocycles. The molecule has 0 aliphatic rings. The van der Waals surface area contributed by atoms with Gasteiger partial charge < -0.3 is 10.1 Å². The van der Waals surface area contributed by atoms with Crippen LogP contribution in [0.1, 0.15) is 26.5 Å². The summed E-state index contributed by atoms with van der Waals surface area (Å²) in [7, 11) is 0. The van der Waals surface area contributed by atoms with Crippen molar-refractivity contribution in [3.8, 4) is 5.75 Å². The Morgan fingerprint density at radius 2 is 2.25 bits per heavy atom. The van der Waals surface area contributed by atoms with E-state index in [9.17, 15) is 0 Å². The number of hydrogen-bond acceptors (Lipinski definition) is 3. The number of nitrogens with one attached hydrogen (secondary N) is 1. The van der Waals surface area contributed by atoms with E-state index in [1.165, 1.54) is 0 Å². The standard InChI is InChI=1S/C13H20N2O/c1-10(2)9-16-13-6-5-12(15-8-13)7-14-11(3)4/h5-6,8,11,14H,1,7,9H2,2-4H3. The molecular weight excluding hydrogens is 200 g/mol. The Kier molecular flexibility index (Phi) is 4.99. The van der Waals surface area contributed by atoms with E-state index in [1.54, 1.807) is 6.20 Å². The third-order valence-corrected chi connectivity index (χ3v) is 1.97. The van der Waals surface area contributed by atoms with Crippen molar-refractivity contribution in [1.82, 2.24) is 10.3 Å². The van der Waals surface area contributed by atoms with Crippen molar-refractivity contribution in [3.63, 3.8) is 0 Å². The van der Waals surface area contributed by atoms with Crippen molar-refractivity contribution < 1.29 is 4.74 Å². The first-order chi connectivity index (χ1) is 7.58. The molecule has 16 heavy (non-hydrogen) atoms. The molecule has 1 heterocycles. The van der Waals surface area contributed by atoms with Gasteiger partial charge in [-0.25, -0.2) is 0 Å². The van der Waals surface area contributed by atoms with Gasteiger partial charge in [-0.2, -0.15) is 0 Å². The molecule has 0 unspecified atom stereocenters. The Morgan fingerprint density at radius 1 is 1.50 bits per heavy atom. The fourth-order valence-electron chi connectivity index (χ4n) is 1.12. The van der Waals surface area contributed by atoms with Crippen molar-refractivity contribution in [1.29, 1.82) is 0 Å². The zero-order valence-corrected chi connectivity index (χ0v) is 10.3. The van der Waals surface area contributed by atoms with Crippen LogP contribution in [0, 0.1) is 0 Å². The molecule has 1 aromatic heterocycles. The second kappa shape index (κ2) is 6.28. The molecule has 0 fully saturated rings. The third-order valence-electron chi connectivity index (χ3n) is 1.97. The molecule has 88 valence electrons. The predicted molar refractivity (Wildman–Crippen MR) is 66.5 cm³/mol. The van der Waals surface area contributed by atoms with E-state index in [4.69, 9.17) is 4.74 Å². The van der Waals surface area contributed by atoms with Crippen LogP contribution in [0.3, 0.4) is 0 Å². The summed E-state index contributed by atoms with van der Waals surface area (Å²) >= 11 is 0. The average Bonchev–Trinajstić information content (AvgIpc) is 2.25. The van der Waals surface area contributed by atoms with E-state index in [2.05, 4.69) is 30.7 Å². The third kappa shape index (κ3) is 4.94. The summed E-state index contributed by atoms with van der Waals surface area (Å²) in [6.07, 6.45) is 1.75. The minimum Gasteiger partial charge on any atom is -0.488 e. The van der Waals surface area contributed by atoms with E-state index in [-0.39, 0.29) is 0 Å². The maximum Gasteiger partial charge on any atom is 0.138 e. The molecule has 3 heteroatoms. The fourth-order valence-corrected chi connectivity index (χ4v) is 1.12. The van der Waals surface area contributed by atoms with Crippen LogP contribution in [0.2, 0.25) is 0 Å². The van der Waals surface area contributed by atoms with Gasteiger partial charge in [-0.05, 0) is 24.6 Å². The molecule has 0 radical (unpaired) electrons. The maximum atomic E-state index is 5.47. The Hall–Kier alpha value is -1.35. The Bertz CT molecular complexity index is 330. The lowest BCUT2D eigenvalue weighted by molar-refractivity contribution is 0.351. The van der Waals surface area contributed by atoms with Gasteiger partial charge in [0, 0.05) is 12.6 Å². The van der Waals surface area contributed by atoms with Gasteiger partial charge in [0.15, 0.2) is 0 Å². The highest BCUT2D eigenvalue weighted by molar-refractivity contribution is 5.20. The minimum atomic E-state index is 0.473. The number of ether oxygens (including phenoxy) is 1. The summed E-state index contributed by atoms with van der Waals surface area (Å²) in [5, 5.41) is 3.31. The van der Waals surface area contributed by atoms with E-state index in [0.717, 1.165) is 23.6 Å². The van der Waals surface area contributed by atoms with Gasteiger partial charge in [0.25, 0.3) is 0 Å². The SMILES string of the molecule is C=C(C)COc1ccc(CNC(C)C)nc1. The van der Waals surface area contributed by atoms with Crippen molar-refractivity contribution in [2.24, 2.45) is 0 Å². The van der Waals surface area contributed by atoms with Crippen LogP contribution >= 0.6 is 0 Å². The van der Waals surface area contributed by atoms with Crippen LogP contribution < -0.4 is 10.1 Å².